The third kappa shape index (κ3) is 4.93. The summed E-state index contributed by atoms with van der Waals surface area (Å²) in [5, 5.41) is 3.87. The Balaban J connectivity index is 2.15. The smallest absolute Gasteiger partial charge is 0.325 e. The number of rotatable bonds is 7. The van der Waals surface area contributed by atoms with E-state index in [4.69, 9.17) is 0 Å². The lowest BCUT2D eigenvalue weighted by molar-refractivity contribution is -0.137. The molecule has 0 saturated heterocycles. The van der Waals surface area contributed by atoms with Crippen molar-refractivity contribution in [2.75, 3.05) is 18.4 Å². The maximum atomic E-state index is 12.7. The number of halogens is 3. The zero-order chi connectivity index (χ0) is 19.4. The van der Waals surface area contributed by atoms with Crippen LogP contribution in [0.3, 0.4) is 0 Å². The van der Waals surface area contributed by atoms with Crippen molar-refractivity contribution < 1.29 is 26.4 Å². The van der Waals surface area contributed by atoms with Crippen LogP contribution < -0.4 is 5.32 Å². The second-order valence-corrected chi connectivity index (χ2v) is 8.26. The Labute approximate surface area is 152 Å². The molecule has 0 radical (unpaired) electrons. The summed E-state index contributed by atoms with van der Waals surface area (Å²) in [5.74, 6) is -0.758. The van der Waals surface area contributed by atoms with Gasteiger partial charge in [-0.2, -0.15) is 17.5 Å². The molecule has 0 atom stereocenters. The first-order valence-electron chi connectivity index (χ1n) is 7.26. The van der Waals surface area contributed by atoms with Crippen LogP contribution in [0.4, 0.5) is 18.9 Å². The number of benzene rings is 1. The van der Waals surface area contributed by atoms with Gasteiger partial charge in [0.05, 0.1) is 12.1 Å². The molecule has 0 unspecified atom stereocenters. The van der Waals surface area contributed by atoms with Crippen molar-refractivity contribution in [1.29, 1.82) is 0 Å². The number of alkyl halides is 3. The van der Waals surface area contributed by atoms with Crippen LogP contribution in [0.1, 0.15) is 5.56 Å². The van der Waals surface area contributed by atoms with Gasteiger partial charge in [-0.25, -0.2) is 8.42 Å². The van der Waals surface area contributed by atoms with Crippen LogP contribution in [-0.2, 0) is 21.0 Å². The predicted molar refractivity (Wildman–Crippen MR) is 93.3 cm³/mol. The average Bonchev–Trinajstić information content (AvgIpc) is 3.09. The van der Waals surface area contributed by atoms with E-state index >= 15 is 0 Å². The van der Waals surface area contributed by atoms with Crippen LogP contribution >= 0.6 is 11.3 Å². The Hall–Kier alpha value is -2.17. The van der Waals surface area contributed by atoms with E-state index in [-0.39, 0.29) is 16.4 Å². The fraction of sp³-hybridized carbons (Fsp3) is 0.188. The molecule has 1 amide bonds. The van der Waals surface area contributed by atoms with E-state index in [1.807, 2.05) is 0 Å². The zero-order valence-electron chi connectivity index (χ0n) is 13.4. The van der Waals surface area contributed by atoms with E-state index < -0.39 is 34.2 Å². The van der Waals surface area contributed by atoms with Crippen molar-refractivity contribution in [2.24, 2.45) is 0 Å². The molecule has 140 valence electrons. The van der Waals surface area contributed by atoms with Crippen molar-refractivity contribution in [3.05, 3.63) is 60.0 Å². The van der Waals surface area contributed by atoms with E-state index in [1.165, 1.54) is 18.2 Å². The van der Waals surface area contributed by atoms with E-state index in [2.05, 4.69) is 11.9 Å². The highest BCUT2D eigenvalue weighted by molar-refractivity contribution is 7.91. The number of nitrogens with one attached hydrogen (secondary N) is 1. The minimum atomic E-state index is -4.54. The van der Waals surface area contributed by atoms with Crippen molar-refractivity contribution in [1.82, 2.24) is 4.31 Å². The molecule has 10 heteroatoms. The van der Waals surface area contributed by atoms with Gasteiger partial charge in [0, 0.05) is 12.2 Å². The summed E-state index contributed by atoms with van der Waals surface area (Å²) in [7, 11) is -3.90. The number of amides is 1. The lowest BCUT2D eigenvalue weighted by Crippen LogP contribution is -2.37. The molecule has 0 spiro atoms. The molecule has 0 aliphatic rings. The maximum Gasteiger partial charge on any atom is 0.416 e. The van der Waals surface area contributed by atoms with Gasteiger partial charge in [0.1, 0.15) is 4.21 Å². The molecule has 1 heterocycles. The Morgan fingerprint density at radius 3 is 2.58 bits per heavy atom. The Bertz CT molecular complexity index is 878. The van der Waals surface area contributed by atoms with Gasteiger partial charge >= 0.3 is 6.18 Å². The largest absolute Gasteiger partial charge is 0.416 e. The normalized spacial score (nSPS) is 12.2. The molecular weight excluding hydrogens is 389 g/mol. The lowest BCUT2D eigenvalue weighted by atomic mass is 10.2. The number of carbonyl (C=O) groups excluding carboxylic acids is 1. The summed E-state index contributed by atoms with van der Waals surface area (Å²) in [6, 6.07) is 7.07. The number of sulfonamides is 1. The number of thiophene rings is 1. The van der Waals surface area contributed by atoms with Gasteiger partial charge in [-0.15, -0.1) is 17.9 Å². The first-order valence-corrected chi connectivity index (χ1v) is 9.58. The SMILES string of the molecule is C=CCN(CC(=O)Nc1cccc(C(F)(F)F)c1)S(=O)(=O)c1cccs1. The second-order valence-electron chi connectivity index (χ2n) is 5.15. The summed E-state index contributed by atoms with van der Waals surface area (Å²) in [5.41, 5.74) is -0.985. The van der Waals surface area contributed by atoms with Crippen molar-refractivity contribution in [3.63, 3.8) is 0 Å². The van der Waals surface area contributed by atoms with Gasteiger partial charge in [0.15, 0.2) is 0 Å². The van der Waals surface area contributed by atoms with Crippen LogP contribution in [0, 0.1) is 0 Å². The molecule has 2 aromatic rings. The van der Waals surface area contributed by atoms with Crippen LogP contribution in [0.5, 0.6) is 0 Å². The zero-order valence-corrected chi connectivity index (χ0v) is 15.0. The summed E-state index contributed by atoms with van der Waals surface area (Å²) in [6.45, 7) is 2.80. The summed E-state index contributed by atoms with van der Waals surface area (Å²) < 4.78 is 64.1. The minimum Gasteiger partial charge on any atom is -0.325 e. The highest BCUT2D eigenvalue weighted by Crippen LogP contribution is 2.30. The predicted octanol–water partition coefficient (Wildman–Crippen LogP) is 3.58. The molecule has 0 fully saturated rings. The third-order valence-electron chi connectivity index (χ3n) is 3.22. The van der Waals surface area contributed by atoms with Crippen LogP contribution in [0.2, 0.25) is 0 Å². The Morgan fingerprint density at radius 1 is 1.27 bits per heavy atom. The molecular formula is C16H15F3N2O3S2. The van der Waals surface area contributed by atoms with Crippen LogP contribution in [0.15, 0.2) is 58.6 Å². The molecule has 0 bridgehead atoms. The number of anilines is 1. The lowest BCUT2D eigenvalue weighted by Gasteiger charge is -2.19. The third-order valence-corrected chi connectivity index (χ3v) is 6.40. The first-order chi connectivity index (χ1) is 12.1. The van der Waals surface area contributed by atoms with Crippen molar-refractivity contribution >= 4 is 33.0 Å². The first kappa shape index (κ1) is 20.1. The second kappa shape index (κ2) is 8.02. The summed E-state index contributed by atoms with van der Waals surface area (Å²) in [6.07, 6.45) is -3.22. The van der Waals surface area contributed by atoms with Gasteiger partial charge in [0.25, 0.3) is 10.0 Å². The van der Waals surface area contributed by atoms with Crippen LogP contribution in [-0.4, -0.2) is 31.7 Å². The fourth-order valence-electron chi connectivity index (χ4n) is 2.06. The average molecular weight is 404 g/mol. The quantitative estimate of drug-likeness (QED) is 0.718. The molecule has 0 saturated carbocycles. The molecule has 1 N–H and O–H groups in total. The molecule has 1 aromatic heterocycles. The van der Waals surface area contributed by atoms with Gasteiger partial charge < -0.3 is 5.32 Å². The summed E-state index contributed by atoms with van der Waals surface area (Å²) in [4.78, 5) is 12.1. The fourth-order valence-corrected chi connectivity index (χ4v) is 4.57. The van der Waals surface area contributed by atoms with Gasteiger partial charge in [-0.05, 0) is 29.6 Å². The molecule has 0 aliphatic heterocycles. The monoisotopic (exact) mass is 404 g/mol. The van der Waals surface area contributed by atoms with E-state index in [0.29, 0.717) is 0 Å². The van der Waals surface area contributed by atoms with Gasteiger partial charge in [-0.1, -0.05) is 18.2 Å². The van der Waals surface area contributed by atoms with E-state index in [1.54, 1.807) is 11.4 Å². The number of nitrogens with zero attached hydrogens (tertiary/aromatic N) is 1. The Kier molecular flexibility index (Phi) is 6.21. The highest BCUT2D eigenvalue weighted by Gasteiger charge is 2.31. The topological polar surface area (TPSA) is 66.5 Å². The number of carbonyl (C=O) groups is 1. The van der Waals surface area contributed by atoms with E-state index in [9.17, 15) is 26.4 Å². The molecule has 0 aliphatic carbocycles. The summed E-state index contributed by atoms with van der Waals surface area (Å²) >= 11 is 0.999. The van der Waals surface area contributed by atoms with Gasteiger partial charge in [0.2, 0.25) is 5.91 Å². The van der Waals surface area contributed by atoms with Crippen LogP contribution in [0.25, 0.3) is 0 Å². The van der Waals surface area contributed by atoms with Crippen molar-refractivity contribution in [2.45, 2.75) is 10.4 Å². The standard InChI is InChI=1S/C16H15F3N2O3S2/c1-2-8-21(26(23,24)15-7-4-9-25-15)11-14(22)20-13-6-3-5-12(10-13)16(17,18)19/h2-7,9-10H,1,8,11H2,(H,20,22). The highest BCUT2D eigenvalue weighted by atomic mass is 32.2. The Morgan fingerprint density at radius 2 is 2.00 bits per heavy atom. The molecule has 26 heavy (non-hydrogen) atoms. The minimum absolute atomic E-state index is 0.0613. The number of hydrogen-bond donors (Lipinski definition) is 1. The molecule has 1 aromatic carbocycles. The van der Waals surface area contributed by atoms with E-state index in [0.717, 1.165) is 33.8 Å². The van der Waals surface area contributed by atoms with Gasteiger partial charge in [-0.3, -0.25) is 4.79 Å². The molecule has 5 nitrogen and oxygen atoms in total. The number of hydrogen-bond acceptors (Lipinski definition) is 4. The molecule has 2 rings (SSSR count). The maximum absolute atomic E-state index is 12.7. The van der Waals surface area contributed by atoms with Crippen molar-refractivity contribution in [3.8, 4) is 0 Å².